The van der Waals surface area contributed by atoms with Gasteiger partial charge in [0.1, 0.15) is 18.3 Å². The molecule has 0 bridgehead atoms. The molecule has 22 heavy (non-hydrogen) atoms. The quantitative estimate of drug-likeness (QED) is 0.438. The predicted octanol–water partition coefficient (Wildman–Crippen LogP) is -0.629. The summed E-state index contributed by atoms with van der Waals surface area (Å²) in [6.45, 7) is 1.61. The van der Waals surface area contributed by atoms with E-state index in [0.717, 1.165) is 18.8 Å². The molecule has 1 aliphatic rings. The van der Waals surface area contributed by atoms with Crippen LogP contribution in [0.15, 0.2) is 11.6 Å². The van der Waals surface area contributed by atoms with E-state index in [2.05, 4.69) is 0 Å². The van der Waals surface area contributed by atoms with E-state index in [1.807, 2.05) is 0 Å². The SMILES string of the molecule is CC1=C[C@H](OS(C)(=O)=O)[C@@H](OS(C)(=O)=O)[C@H](OS(C)(=O)=O)C1. The normalized spacial score (nSPS) is 27.5. The van der Waals surface area contributed by atoms with E-state index in [1.54, 1.807) is 6.92 Å². The van der Waals surface area contributed by atoms with Gasteiger partial charge in [-0.25, -0.2) is 0 Å². The second-order valence-corrected chi connectivity index (χ2v) is 9.89. The van der Waals surface area contributed by atoms with Crippen LogP contribution in [0.25, 0.3) is 0 Å². The molecule has 130 valence electrons. The lowest BCUT2D eigenvalue weighted by Gasteiger charge is -2.33. The summed E-state index contributed by atoms with van der Waals surface area (Å²) in [4.78, 5) is 0. The van der Waals surface area contributed by atoms with Crippen molar-refractivity contribution in [3.05, 3.63) is 11.6 Å². The molecule has 0 aromatic heterocycles. The largest absolute Gasteiger partial charge is 0.265 e. The molecule has 12 heteroatoms. The standard InChI is InChI=1S/C10H18O9S3/c1-7-5-8(17-20(2,11)12)10(19-22(4,15)16)9(6-7)18-21(3,13)14/h5,8-10H,6H2,1-4H3/t8-,9+,10+/m0/s1. The fraction of sp³-hybridized carbons (Fsp3) is 0.800. The van der Waals surface area contributed by atoms with Gasteiger partial charge in [-0.3, -0.25) is 12.5 Å². The minimum atomic E-state index is -4.00. The molecule has 0 heterocycles. The fourth-order valence-corrected chi connectivity index (χ4v) is 3.84. The second kappa shape index (κ2) is 6.53. The maximum atomic E-state index is 11.4. The Morgan fingerprint density at radius 3 is 1.73 bits per heavy atom. The van der Waals surface area contributed by atoms with Crippen LogP contribution in [0.3, 0.4) is 0 Å². The monoisotopic (exact) mass is 378 g/mol. The summed E-state index contributed by atoms with van der Waals surface area (Å²) in [5.41, 5.74) is 0.579. The Balaban J connectivity index is 3.23. The van der Waals surface area contributed by atoms with Crippen LogP contribution in [0.2, 0.25) is 0 Å². The predicted molar refractivity (Wildman–Crippen MR) is 77.5 cm³/mol. The van der Waals surface area contributed by atoms with Crippen molar-refractivity contribution in [2.45, 2.75) is 31.7 Å². The highest BCUT2D eigenvalue weighted by molar-refractivity contribution is 7.86. The molecule has 0 spiro atoms. The van der Waals surface area contributed by atoms with Crippen LogP contribution in [-0.2, 0) is 42.9 Å². The molecule has 0 unspecified atom stereocenters. The molecule has 0 aliphatic heterocycles. The summed E-state index contributed by atoms with van der Waals surface area (Å²) in [6.07, 6.45) is -0.225. The Morgan fingerprint density at radius 2 is 1.32 bits per heavy atom. The number of hydrogen-bond acceptors (Lipinski definition) is 9. The highest BCUT2D eigenvalue weighted by Gasteiger charge is 2.40. The first kappa shape index (κ1) is 19.5. The first-order valence-electron chi connectivity index (χ1n) is 5.98. The lowest BCUT2D eigenvalue weighted by atomic mass is 9.93. The molecule has 0 N–H and O–H groups in total. The Hall–Kier alpha value is -0.530. The van der Waals surface area contributed by atoms with Crippen molar-refractivity contribution in [2.75, 3.05) is 18.8 Å². The summed E-state index contributed by atoms with van der Waals surface area (Å²) in [5.74, 6) is 0. The van der Waals surface area contributed by atoms with Crippen molar-refractivity contribution in [1.29, 1.82) is 0 Å². The zero-order valence-corrected chi connectivity index (χ0v) is 14.9. The van der Waals surface area contributed by atoms with Gasteiger partial charge in [-0.15, -0.1) is 0 Å². The van der Waals surface area contributed by atoms with Gasteiger partial charge in [0.05, 0.1) is 18.8 Å². The minimum absolute atomic E-state index is 0.0525. The average molecular weight is 378 g/mol. The van der Waals surface area contributed by atoms with E-state index >= 15 is 0 Å². The molecule has 0 aromatic rings. The molecule has 0 radical (unpaired) electrons. The van der Waals surface area contributed by atoms with Crippen LogP contribution in [0.1, 0.15) is 13.3 Å². The summed E-state index contributed by atoms with van der Waals surface area (Å²) in [6, 6.07) is 0. The summed E-state index contributed by atoms with van der Waals surface area (Å²) < 4.78 is 82.3. The summed E-state index contributed by atoms with van der Waals surface area (Å²) in [5, 5.41) is 0. The Labute approximate surface area is 130 Å². The third kappa shape index (κ3) is 7.15. The molecule has 0 amide bonds. The maximum absolute atomic E-state index is 11.4. The first-order valence-corrected chi connectivity index (χ1v) is 11.4. The van der Waals surface area contributed by atoms with Crippen molar-refractivity contribution < 1.29 is 37.8 Å². The molecule has 1 aliphatic carbocycles. The third-order valence-electron chi connectivity index (χ3n) is 2.53. The Morgan fingerprint density at radius 1 is 0.864 bits per heavy atom. The highest BCUT2D eigenvalue weighted by Crippen LogP contribution is 2.28. The Bertz CT molecular complexity index is 745. The van der Waals surface area contributed by atoms with Gasteiger partial charge in [0.2, 0.25) is 0 Å². The number of hydrogen-bond donors (Lipinski definition) is 0. The zero-order valence-electron chi connectivity index (χ0n) is 12.4. The molecule has 3 atom stereocenters. The van der Waals surface area contributed by atoms with Gasteiger partial charge in [-0.1, -0.05) is 11.6 Å². The molecule has 1 rings (SSSR count). The van der Waals surface area contributed by atoms with Gasteiger partial charge >= 0.3 is 0 Å². The molecular formula is C10H18O9S3. The summed E-state index contributed by atoms with van der Waals surface area (Å²) in [7, 11) is -11.8. The van der Waals surface area contributed by atoms with Crippen LogP contribution >= 0.6 is 0 Å². The second-order valence-electron chi connectivity index (χ2n) is 5.09. The topological polar surface area (TPSA) is 130 Å². The highest BCUT2D eigenvalue weighted by atomic mass is 32.2. The van der Waals surface area contributed by atoms with Crippen LogP contribution < -0.4 is 0 Å². The van der Waals surface area contributed by atoms with Crippen molar-refractivity contribution >= 4 is 30.4 Å². The maximum Gasteiger partial charge on any atom is 0.265 e. The molecule has 0 fully saturated rings. The van der Waals surface area contributed by atoms with E-state index < -0.39 is 48.7 Å². The molecule has 0 saturated carbocycles. The van der Waals surface area contributed by atoms with Crippen LogP contribution in [0, 0.1) is 0 Å². The van der Waals surface area contributed by atoms with Gasteiger partial charge < -0.3 is 0 Å². The molecular weight excluding hydrogens is 360 g/mol. The molecule has 0 aromatic carbocycles. The smallest absolute Gasteiger partial charge is 0.264 e. The lowest BCUT2D eigenvalue weighted by Crippen LogP contribution is -2.47. The lowest BCUT2D eigenvalue weighted by molar-refractivity contribution is -0.00141. The summed E-state index contributed by atoms with van der Waals surface area (Å²) >= 11 is 0. The average Bonchev–Trinajstić information content (AvgIpc) is 2.16. The van der Waals surface area contributed by atoms with Crippen molar-refractivity contribution in [2.24, 2.45) is 0 Å². The first-order chi connectivity index (χ1) is 9.66. The van der Waals surface area contributed by atoms with Crippen molar-refractivity contribution in [1.82, 2.24) is 0 Å². The van der Waals surface area contributed by atoms with Gasteiger partial charge in [-0.05, 0) is 13.3 Å². The third-order valence-corrected chi connectivity index (χ3v) is 4.27. The van der Waals surface area contributed by atoms with Gasteiger partial charge in [0.15, 0.2) is 0 Å². The zero-order chi connectivity index (χ0) is 17.3. The van der Waals surface area contributed by atoms with Crippen molar-refractivity contribution in [3.8, 4) is 0 Å². The minimum Gasteiger partial charge on any atom is -0.264 e. The van der Waals surface area contributed by atoms with E-state index in [-0.39, 0.29) is 6.42 Å². The molecule has 0 saturated heterocycles. The van der Waals surface area contributed by atoms with Crippen molar-refractivity contribution in [3.63, 3.8) is 0 Å². The van der Waals surface area contributed by atoms with Crippen LogP contribution in [-0.4, -0.2) is 62.3 Å². The van der Waals surface area contributed by atoms with Gasteiger partial charge in [0.25, 0.3) is 30.4 Å². The molecule has 9 nitrogen and oxygen atoms in total. The van der Waals surface area contributed by atoms with Gasteiger partial charge in [0, 0.05) is 0 Å². The fourth-order valence-electron chi connectivity index (χ4n) is 2.00. The van der Waals surface area contributed by atoms with Gasteiger partial charge in [-0.2, -0.15) is 25.3 Å². The van der Waals surface area contributed by atoms with E-state index in [4.69, 9.17) is 12.5 Å². The Kier molecular flexibility index (Phi) is 5.79. The van der Waals surface area contributed by atoms with E-state index in [1.165, 1.54) is 6.08 Å². The van der Waals surface area contributed by atoms with Crippen LogP contribution in [0.5, 0.6) is 0 Å². The number of rotatable bonds is 6. The van der Waals surface area contributed by atoms with E-state index in [0.29, 0.717) is 5.57 Å². The van der Waals surface area contributed by atoms with E-state index in [9.17, 15) is 25.3 Å². The van der Waals surface area contributed by atoms with Crippen LogP contribution in [0.4, 0.5) is 0 Å².